The maximum absolute atomic E-state index is 12.9. The lowest BCUT2D eigenvalue weighted by atomic mass is 10.0. The first kappa shape index (κ1) is 17.7. The summed E-state index contributed by atoms with van der Waals surface area (Å²) in [6.45, 7) is 1.76. The van der Waals surface area contributed by atoms with Crippen molar-refractivity contribution < 1.29 is 19.2 Å². The Morgan fingerprint density at radius 2 is 1.89 bits per heavy atom. The molecule has 3 aliphatic heterocycles. The van der Waals surface area contributed by atoms with Crippen molar-refractivity contribution >= 4 is 29.3 Å². The molecule has 3 aliphatic rings. The molecule has 4 rings (SSSR count). The standard InChI is InChI=1S/C19H22N4O4/c1-20-10-12-3-2-8-22(12)11-4-5-13-14(9-11)19(27)23(18(13)26)15-6-7-16(24)21-17(15)25/h4-5,9,12,15,20H,2-3,6-8,10H2,1H3,(H,21,24,25). The lowest BCUT2D eigenvalue weighted by molar-refractivity contribution is -0.136. The third kappa shape index (κ3) is 2.90. The van der Waals surface area contributed by atoms with E-state index in [1.807, 2.05) is 13.1 Å². The maximum atomic E-state index is 12.9. The zero-order chi connectivity index (χ0) is 19.1. The van der Waals surface area contributed by atoms with Crippen LogP contribution in [0.3, 0.4) is 0 Å². The van der Waals surface area contributed by atoms with Crippen LogP contribution >= 0.6 is 0 Å². The van der Waals surface area contributed by atoms with E-state index in [1.165, 1.54) is 0 Å². The lowest BCUT2D eigenvalue weighted by Crippen LogP contribution is -2.54. The van der Waals surface area contributed by atoms with Gasteiger partial charge in [0.25, 0.3) is 11.8 Å². The maximum Gasteiger partial charge on any atom is 0.262 e. The number of imide groups is 2. The van der Waals surface area contributed by atoms with E-state index in [0.717, 1.165) is 36.5 Å². The van der Waals surface area contributed by atoms with E-state index in [1.54, 1.807) is 12.1 Å². The minimum absolute atomic E-state index is 0.120. The number of likely N-dealkylation sites (N-methyl/N-ethyl adjacent to an activating group) is 1. The Hall–Kier alpha value is -2.74. The highest BCUT2D eigenvalue weighted by molar-refractivity contribution is 6.23. The van der Waals surface area contributed by atoms with Gasteiger partial charge in [-0.1, -0.05) is 0 Å². The van der Waals surface area contributed by atoms with E-state index in [9.17, 15) is 19.2 Å². The second-order valence-electron chi connectivity index (χ2n) is 7.22. The molecule has 8 nitrogen and oxygen atoms in total. The van der Waals surface area contributed by atoms with E-state index >= 15 is 0 Å². The van der Waals surface area contributed by atoms with Crippen LogP contribution in [0.25, 0.3) is 0 Å². The fourth-order valence-corrected chi connectivity index (χ4v) is 4.26. The number of hydrogen-bond donors (Lipinski definition) is 2. The largest absolute Gasteiger partial charge is 0.367 e. The van der Waals surface area contributed by atoms with Crippen LogP contribution < -0.4 is 15.5 Å². The van der Waals surface area contributed by atoms with Crippen LogP contribution in [0, 0.1) is 0 Å². The number of anilines is 1. The summed E-state index contributed by atoms with van der Waals surface area (Å²) >= 11 is 0. The fourth-order valence-electron chi connectivity index (χ4n) is 4.26. The molecule has 0 saturated carbocycles. The summed E-state index contributed by atoms with van der Waals surface area (Å²) in [7, 11) is 1.92. The van der Waals surface area contributed by atoms with Gasteiger partial charge >= 0.3 is 0 Å². The molecule has 4 amide bonds. The zero-order valence-corrected chi connectivity index (χ0v) is 15.2. The molecule has 0 aromatic heterocycles. The van der Waals surface area contributed by atoms with Crippen LogP contribution in [0.15, 0.2) is 18.2 Å². The highest BCUT2D eigenvalue weighted by Gasteiger charge is 2.44. The Labute approximate surface area is 156 Å². The van der Waals surface area contributed by atoms with Gasteiger partial charge in [0.1, 0.15) is 6.04 Å². The second kappa shape index (κ2) is 6.77. The molecule has 0 spiro atoms. The van der Waals surface area contributed by atoms with E-state index < -0.39 is 23.8 Å². The number of piperidine rings is 1. The van der Waals surface area contributed by atoms with Crippen molar-refractivity contribution in [2.24, 2.45) is 0 Å². The van der Waals surface area contributed by atoms with Crippen LogP contribution in [0.1, 0.15) is 46.4 Å². The molecule has 0 bridgehead atoms. The molecule has 1 aromatic rings. The Balaban J connectivity index is 1.62. The van der Waals surface area contributed by atoms with Crippen molar-refractivity contribution in [3.8, 4) is 0 Å². The number of benzene rings is 1. The molecule has 3 heterocycles. The monoisotopic (exact) mass is 370 g/mol. The normalized spacial score (nSPS) is 25.2. The van der Waals surface area contributed by atoms with Gasteiger partial charge in [-0.2, -0.15) is 0 Å². The Morgan fingerprint density at radius 1 is 1.11 bits per heavy atom. The smallest absolute Gasteiger partial charge is 0.262 e. The third-order valence-corrected chi connectivity index (χ3v) is 5.57. The molecule has 2 unspecified atom stereocenters. The first-order chi connectivity index (χ1) is 13.0. The summed E-state index contributed by atoms with van der Waals surface area (Å²) in [5.41, 5.74) is 1.56. The second-order valence-corrected chi connectivity index (χ2v) is 7.22. The van der Waals surface area contributed by atoms with E-state index in [2.05, 4.69) is 15.5 Å². The fraction of sp³-hybridized carbons (Fsp3) is 0.474. The lowest BCUT2D eigenvalue weighted by Gasteiger charge is -2.28. The van der Waals surface area contributed by atoms with E-state index in [-0.39, 0.29) is 18.7 Å². The van der Waals surface area contributed by atoms with Gasteiger partial charge in [-0.05, 0) is 44.5 Å². The number of hydrogen-bond acceptors (Lipinski definition) is 6. The predicted octanol–water partition coefficient (Wildman–Crippen LogP) is 0.276. The van der Waals surface area contributed by atoms with Gasteiger partial charge in [0.15, 0.2) is 0 Å². The van der Waals surface area contributed by atoms with Crippen molar-refractivity contribution in [2.45, 2.75) is 37.8 Å². The summed E-state index contributed by atoms with van der Waals surface area (Å²) < 4.78 is 0. The average molecular weight is 370 g/mol. The third-order valence-electron chi connectivity index (χ3n) is 5.57. The van der Waals surface area contributed by atoms with Gasteiger partial charge < -0.3 is 10.2 Å². The van der Waals surface area contributed by atoms with Crippen LogP contribution in [0.5, 0.6) is 0 Å². The Bertz CT molecular complexity index is 837. The number of amides is 4. The van der Waals surface area contributed by atoms with Crippen LogP contribution in [-0.4, -0.2) is 60.7 Å². The van der Waals surface area contributed by atoms with Crippen LogP contribution in [0.4, 0.5) is 5.69 Å². The van der Waals surface area contributed by atoms with Gasteiger partial charge in [0.2, 0.25) is 11.8 Å². The first-order valence-corrected chi connectivity index (χ1v) is 9.28. The predicted molar refractivity (Wildman–Crippen MR) is 97.4 cm³/mol. The molecule has 142 valence electrons. The van der Waals surface area contributed by atoms with Crippen molar-refractivity contribution in [2.75, 3.05) is 25.0 Å². The first-order valence-electron chi connectivity index (χ1n) is 9.28. The molecule has 0 radical (unpaired) electrons. The summed E-state index contributed by atoms with van der Waals surface area (Å²) in [6, 6.07) is 4.72. The van der Waals surface area contributed by atoms with Gasteiger partial charge in [-0.3, -0.25) is 29.4 Å². The molecule has 2 atom stereocenters. The van der Waals surface area contributed by atoms with Crippen LogP contribution in [0.2, 0.25) is 0 Å². The van der Waals surface area contributed by atoms with Crippen molar-refractivity contribution in [3.63, 3.8) is 0 Å². The minimum Gasteiger partial charge on any atom is -0.367 e. The SMILES string of the molecule is CNCC1CCCN1c1ccc2c(c1)C(=O)N(C1CCC(=O)NC1=O)C2=O. The van der Waals surface area contributed by atoms with Crippen LogP contribution in [-0.2, 0) is 9.59 Å². The molecule has 2 saturated heterocycles. The Kier molecular flexibility index (Phi) is 4.43. The summed E-state index contributed by atoms with van der Waals surface area (Å²) in [5.74, 6) is -1.89. The van der Waals surface area contributed by atoms with Crippen molar-refractivity contribution in [3.05, 3.63) is 29.3 Å². The average Bonchev–Trinajstić information content (AvgIpc) is 3.20. The molecular formula is C19H22N4O4. The van der Waals surface area contributed by atoms with Gasteiger partial charge in [-0.15, -0.1) is 0 Å². The van der Waals surface area contributed by atoms with Gasteiger partial charge in [0.05, 0.1) is 11.1 Å². The molecule has 27 heavy (non-hydrogen) atoms. The topological polar surface area (TPSA) is 98.8 Å². The summed E-state index contributed by atoms with van der Waals surface area (Å²) in [5, 5.41) is 5.40. The number of rotatable bonds is 4. The number of carbonyl (C=O) groups excluding carboxylic acids is 4. The number of carbonyl (C=O) groups is 4. The number of nitrogens with zero attached hydrogens (tertiary/aromatic N) is 2. The quantitative estimate of drug-likeness (QED) is 0.739. The van der Waals surface area contributed by atoms with Crippen molar-refractivity contribution in [1.82, 2.24) is 15.5 Å². The van der Waals surface area contributed by atoms with Gasteiger partial charge in [-0.25, -0.2) is 0 Å². The Morgan fingerprint density at radius 3 is 2.63 bits per heavy atom. The molecule has 2 N–H and O–H groups in total. The van der Waals surface area contributed by atoms with Crippen molar-refractivity contribution in [1.29, 1.82) is 0 Å². The van der Waals surface area contributed by atoms with E-state index in [4.69, 9.17) is 0 Å². The summed E-state index contributed by atoms with van der Waals surface area (Å²) in [4.78, 5) is 52.4. The molecule has 1 aromatic carbocycles. The summed E-state index contributed by atoms with van der Waals surface area (Å²) in [6.07, 6.45) is 2.44. The van der Waals surface area contributed by atoms with E-state index in [0.29, 0.717) is 17.2 Å². The van der Waals surface area contributed by atoms with Gasteiger partial charge in [0, 0.05) is 31.2 Å². The molecular weight excluding hydrogens is 348 g/mol. The molecule has 8 heteroatoms. The number of nitrogens with one attached hydrogen (secondary N) is 2. The number of fused-ring (bicyclic) bond motifs is 1. The molecule has 0 aliphatic carbocycles. The molecule has 2 fully saturated rings. The zero-order valence-electron chi connectivity index (χ0n) is 15.2. The highest BCUT2D eigenvalue weighted by Crippen LogP contribution is 2.33. The highest BCUT2D eigenvalue weighted by atomic mass is 16.2. The minimum atomic E-state index is -0.928.